The number of carbonyl (C=O) groups is 1. The van der Waals surface area contributed by atoms with E-state index in [9.17, 15) is 4.79 Å². The zero-order chi connectivity index (χ0) is 15.9. The summed E-state index contributed by atoms with van der Waals surface area (Å²) in [6.45, 7) is 16.6. The van der Waals surface area contributed by atoms with Crippen molar-refractivity contribution in [3.63, 3.8) is 0 Å². The molecule has 1 N–H and O–H groups in total. The first-order chi connectivity index (χ1) is 9.96. The molecule has 2 atom stereocenters. The minimum Gasteiger partial charge on any atom is -0.465 e. The molecule has 1 fully saturated rings. The van der Waals surface area contributed by atoms with Crippen molar-refractivity contribution in [2.45, 2.75) is 52.6 Å². The van der Waals surface area contributed by atoms with Crippen molar-refractivity contribution in [3.8, 4) is 0 Å². The number of nitrogens with zero attached hydrogens (tertiary/aromatic N) is 2. The molecule has 0 amide bonds. The van der Waals surface area contributed by atoms with Gasteiger partial charge in [0, 0.05) is 32.2 Å². The van der Waals surface area contributed by atoms with E-state index in [1.54, 1.807) is 0 Å². The van der Waals surface area contributed by atoms with Gasteiger partial charge in [0.15, 0.2) is 0 Å². The van der Waals surface area contributed by atoms with Crippen molar-refractivity contribution in [2.24, 2.45) is 0 Å². The molecule has 0 saturated carbocycles. The molecule has 0 radical (unpaired) electrons. The third kappa shape index (κ3) is 5.24. The molecular formula is C16H33N3O2. The highest BCUT2D eigenvalue weighted by Crippen LogP contribution is 2.15. The normalized spacial score (nSPS) is 23.8. The molecule has 0 spiro atoms. The zero-order valence-corrected chi connectivity index (χ0v) is 14.4. The van der Waals surface area contributed by atoms with Crippen LogP contribution in [0.25, 0.3) is 0 Å². The fourth-order valence-electron chi connectivity index (χ4n) is 3.02. The highest BCUT2D eigenvalue weighted by molar-refractivity contribution is 5.80. The van der Waals surface area contributed by atoms with Gasteiger partial charge in [-0.2, -0.15) is 0 Å². The molecule has 1 heterocycles. The van der Waals surface area contributed by atoms with Gasteiger partial charge < -0.3 is 10.1 Å². The van der Waals surface area contributed by atoms with Crippen molar-refractivity contribution >= 4 is 5.97 Å². The maximum absolute atomic E-state index is 12.3. The molecule has 0 bridgehead atoms. The second kappa shape index (κ2) is 8.71. The number of nitrogens with one attached hydrogen (secondary N) is 1. The van der Waals surface area contributed by atoms with Crippen LogP contribution in [0.3, 0.4) is 0 Å². The maximum atomic E-state index is 12.3. The molecule has 21 heavy (non-hydrogen) atoms. The number of rotatable bonds is 8. The molecule has 0 aromatic carbocycles. The van der Waals surface area contributed by atoms with Crippen molar-refractivity contribution in [1.82, 2.24) is 15.1 Å². The predicted molar refractivity (Wildman–Crippen MR) is 86.5 cm³/mol. The van der Waals surface area contributed by atoms with Gasteiger partial charge in [-0.05, 0) is 40.3 Å². The largest absolute Gasteiger partial charge is 0.465 e. The average molecular weight is 299 g/mol. The monoisotopic (exact) mass is 299 g/mol. The molecule has 1 aliphatic heterocycles. The quantitative estimate of drug-likeness (QED) is 0.685. The molecule has 2 unspecified atom stereocenters. The van der Waals surface area contributed by atoms with Crippen LogP contribution in [0.1, 0.15) is 41.0 Å². The van der Waals surface area contributed by atoms with Crippen molar-refractivity contribution in [1.29, 1.82) is 0 Å². The Hall–Kier alpha value is -0.650. The summed E-state index contributed by atoms with van der Waals surface area (Å²) in [5.74, 6) is -0.135. The van der Waals surface area contributed by atoms with Crippen molar-refractivity contribution in [3.05, 3.63) is 0 Å². The van der Waals surface area contributed by atoms with E-state index >= 15 is 0 Å². The summed E-state index contributed by atoms with van der Waals surface area (Å²) in [6, 6.07) is 0.543. The molecule has 5 heteroatoms. The fraction of sp³-hybridized carbons (Fsp3) is 0.938. The highest BCUT2D eigenvalue weighted by Gasteiger charge is 2.37. The van der Waals surface area contributed by atoms with Gasteiger partial charge >= 0.3 is 5.97 Å². The van der Waals surface area contributed by atoms with E-state index < -0.39 is 5.54 Å². The third-order valence-corrected chi connectivity index (χ3v) is 4.29. The number of carbonyl (C=O) groups excluding carboxylic acids is 1. The van der Waals surface area contributed by atoms with Crippen molar-refractivity contribution in [2.75, 3.05) is 45.9 Å². The van der Waals surface area contributed by atoms with E-state index in [-0.39, 0.29) is 5.97 Å². The molecule has 5 nitrogen and oxygen atoms in total. The van der Waals surface area contributed by atoms with Gasteiger partial charge in [-0.15, -0.1) is 0 Å². The number of esters is 1. The number of likely N-dealkylation sites (N-methyl/N-ethyl adjacent to an activating group) is 1. The van der Waals surface area contributed by atoms with E-state index in [1.165, 1.54) is 0 Å². The van der Waals surface area contributed by atoms with Crippen LogP contribution in [-0.2, 0) is 9.53 Å². The van der Waals surface area contributed by atoms with E-state index in [0.29, 0.717) is 19.2 Å². The van der Waals surface area contributed by atoms with Gasteiger partial charge in [0.2, 0.25) is 0 Å². The van der Waals surface area contributed by atoms with Crippen LogP contribution in [0.2, 0.25) is 0 Å². The van der Waals surface area contributed by atoms with Crippen LogP contribution in [0.5, 0.6) is 0 Å². The molecule has 0 aromatic rings. The minimum atomic E-state index is -0.611. The lowest BCUT2D eigenvalue weighted by atomic mass is 10.00. The zero-order valence-electron chi connectivity index (χ0n) is 14.4. The number of piperazine rings is 1. The van der Waals surface area contributed by atoms with Crippen LogP contribution < -0.4 is 5.32 Å². The van der Waals surface area contributed by atoms with Crippen LogP contribution in [0, 0.1) is 0 Å². The first kappa shape index (κ1) is 18.4. The molecule has 0 aromatic heterocycles. The summed E-state index contributed by atoms with van der Waals surface area (Å²) in [7, 11) is 0. The third-order valence-electron chi connectivity index (χ3n) is 4.29. The number of hydrogen-bond donors (Lipinski definition) is 1. The van der Waals surface area contributed by atoms with Gasteiger partial charge in [0.05, 0.1) is 6.61 Å². The topological polar surface area (TPSA) is 44.8 Å². The molecule has 124 valence electrons. The lowest BCUT2D eigenvalue weighted by Crippen LogP contribution is -2.61. The Bertz CT molecular complexity index is 325. The first-order valence-corrected chi connectivity index (χ1v) is 8.35. The average Bonchev–Trinajstić information content (AvgIpc) is 2.45. The second-order valence-corrected chi connectivity index (χ2v) is 6.19. The Morgan fingerprint density at radius 3 is 2.57 bits per heavy atom. The molecular weight excluding hydrogens is 266 g/mol. The van der Waals surface area contributed by atoms with Gasteiger partial charge in [0.1, 0.15) is 5.54 Å². The predicted octanol–water partition coefficient (Wildman–Crippen LogP) is 1.33. The summed E-state index contributed by atoms with van der Waals surface area (Å²) in [6.07, 6.45) is 1.01. The van der Waals surface area contributed by atoms with Crippen LogP contribution in [0.4, 0.5) is 0 Å². The van der Waals surface area contributed by atoms with Crippen molar-refractivity contribution < 1.29 is 9.53 Å². The fourth-order valence-corrected chi connectivity index (χ4v) is 3.02. The Balaban J connectivity index is 2.66. The van der Waals surface area contributed by atoms with E-state index in [4.69, 9.17) is 4.74 Å². The minimum absolute atomic E-state index is 0.135. The summed E-state index contributed by atoms with van der Waals surface area (Å²) >= 11 is 0. The first-order valence-electron chi connectivity index (χ1n) is 8.35. The number of ether oxygens (including phenoxy) is 1. The number of hydrogen-bond acceptors (Lipinski definition) is 5. The van der Waals surface area contributed by atoms with E-state index in [0.717, 1.165) is 39.1 Å². The van der Waals surface area contributed by atoms with Gasteiger partial charge in [-0.1, -0.05) is 13.8 Å². The van der Waals surface area contributed by atoms with E-state index in [2.05, 4.69) is 35.9 Å². The Morgan fingerprint density at radius 1 is 1.33 bits per heavy atom. The van der Waals surface area contributed by atoms with Crippen LogP contribution in [-0.4, -0.2) is 73.2 Å². The Labute approximate surface area is 130 Å². The lowest BCUT2D eigenvalue weighted by Gasteiger charge is -2.42. The van der Waals surface area contributed by atoms with E-state index in [1.807, 2.05) is 13.8 Å². The second-order valence-electron chi connectivity index (χ2n) is 6.19. The van der Waals surface area contributed by atoms with Gasteiger partial charge in [-0.25, -0.2) is 0 Å². The molecule has 1 rings (SSSR count). The summed E-state index contributed by atoms with van der Waals surface area (Å²) in [4.78, 5) is 17.2. The Kier molecular flexibility index (Phi) is 7.63. The molecule has 1 aliphatic rings. The lowest BCUT2D eigenvalue weighted by molar-refractivity contribution is -0.151. The summed E-state index contributed by atoms with van der Waals surface area (Å²) < 4.78 is 5.28. The Morgan fingerprint density at radius 2 is 2.05 bits per heavy atom. The van der Waals surface area contributed by atoms with Crippen LogP contribution >= 0.6 is 0 Å². The van der Waals surface area contributed by atoms with Gasteiger partial charge in [0.25, 0.3) is 0 Å². The maximum Gasteiger partial charge on any atom is 0.327 e. The standard InChI is InChI=1S/C16H33N3O2/c1-6-9-17-16(5,15(20)21-8-3)13-18-10-11-19(7-2)14(4)12-18/h14,17H,6-13H2,1-5H3. The smallest absolute Gasteiger partial charge is 0.327 e. The summed E-state index contributed by atoms with van der Waals surface area (Å²) in [5, 5.41) is 3.39. The SMILES string of the molecule is CCCNC(C)(CN1CCN(CC)C(C)C1)C(=O)OCC. The highest BCUT2D eigenvalue weighted by atomic mass is 16.5. The summed E-state index contributed by atoms with van der Waals surface area (Å²) in [5.41, 5.74) is -0.611. The molecule has 0 aliphatic carbocycles. The van der Waals surface area contributed by atoms with Gasteiger partial charge in [-0.3, -0.25) is 14.6 Å². The molecule has 1 saturated heterocycles. The van der Waals surface area contributed by atoms with Crippen LogP contribution in [0.15, 0.2) is 0 Å².